The van der Waals surface area contributed by atoms with Gasteiger partial charge in [0.15, 0.2) is 5.58 Å². The van der Waals surface area contributed by atoms with Gasteiger partial charge in [-0.3, -0.25) is 0 Å². The van der Waals surface area contributed by atoms with Gasteiger partial charge in [-0.05, 0) is 138 Å². The van der Waals surface area contributed by atoms with Crippen LogP contribution in [0.4, 0.5) is 17.1 Å². The van der Waals surface area contributed by atoms with E-state index >= 15 is 0 Å². The summed E-state index contributed by atoms with van der Waals surface area (Å²) in [5.74, 6) is 4.61. The molecule has 3 aromatic heterocycles. The lowest BCUT2D eigenvalue weighted by molar-refractivity contribution is -0.689. The number of aromatic nitrogens is 3. The second-order valence-electron chi connectivity index (χ2n) is 21.2. The van der Waals surface area contributed by atoms with E-state index in [0.717, 1.165) is 68.1 Å². The quantitative estimate of drug-likeness (QED) is 0.0973. The lowest BCUT2D eigenvalue weighted by Crippen LogP contribution is -2.39. The van der Waals surface area contributed by atoms with E-state index in [1.807, 2.05) is 146 Å². The summed E-state index contributed by atoms with van der Waals surface area (Å²) < 4.78 is 38.6. The van der Waals surface area contributed by atoms with Crippen molar-refractivity contribution in [3.63, 3.8) is 0 Å². The van der Waals surface area contributed by atoms with Gasteiger partial charge in [-0.25, -0.2) is 9.97 Å². The van der Waals surface area contributed by atoms with Gasteiger partial charge in [-0.2, -0.15) is 0 Å². The minimum Gasteiger partial charge on any atom is -0.616 e. The molecule has 11 nitrogen and oxygen atoms in total. The molecule has 0 saturated carbocycles. The molecular weight excluding hydrogens is 1140 g/mol. The topological polar surface area (TPSA) is 95.4 Å². The molecule has 0 amide bonds. The van der Waals surface area contributed by atoms with Gasteiger partial charge in [0.1, 0.15) is 33.4 Å². The van der Waals surface area contributed by atoms with E-state index in [2.05, 4.69) is 177 Å². The van der Waals surface area contributed by atoms with E-state index in [4.69, 9.17) is 24.3 Å². The third-order valence-electron chi connectivity index (χ3n) is 15.6. The summed E-state index contributed by atoms with van der Waals surface area (Å²) in [6.45, 7) is 2.59. The summed E-state index contributed by atoms with van der Waals surface area (Å²) in [6.07, 6.45) is 1.58. The average Bonchev–Trinajstić information content (AvgIpc) is 1.87. The van der Waals surface area contributed by atoms with Gasteiger partial charge in [0, 0.05) is 36.3 Å². The second-order valence-corrected chi connectivity index (χ2v) is 23.5. The number of rotatable bonds is 10. The van der Waals surface area contributed by atoms with Crippen molar-refractivity contribution in [2.75, 3.05) is 16.8 Å². The van der Waals surface area contributed by atoms with E-state index in [9.17, 15) is 0 Å². The number of nitrogens with zero attached hydrogens (tertiary/aromatic N) is 5. The van der Waals surface area contributed by atoms with Gasteiger partial charge in [0.2, 0.25) is 11.4 Å². The number of oxazole rings is 1. The van der Waals surface area contributed by atoms with Crippen LogP contribution in [0.15, 0.2) is 277 Å². The van der Waals surface area contributed by atoms with E-state index in [1.54, 1.807) is 0 Å². The van der Waals surface area contributed by atoms with Crippen LogP contribution >= 0.6 is 11.3 Å². The molecule has 424 valence electrons. The first-order valence-corrected chi connectivity index (χ1v) is 31.7. The number of hydrogen-bond donors (Lipinski definition) is 0. The van der Waals surface area contributed by atoms with Crippen LogP contribution in [-0.4, -0.2) is 55.0 Å². The summed E-state index contributed by atoms with van der Waals surface area (Å²) in [5, 5.41) is 4.69. The van der Waals surface area contributed by atoms with Crippen LogP contribution < -0.4 is 34.3 Å². The number of benzene rings is 11. The molecule has 0 aliphatic carbocycles. The Kier molecular flexibility index (Phi) is 16.3. The Bertz CT molecular complexity index is 4740. The van der Waals surface area contributed by atoms with Crippen molar-refractivity contribution in [2.24, 2.45) is 0 Å². The highest BCUT2D eigenvalue weighted by atomic mass is 32.1. The molecule has 14 aromatic rings. The zero-order chi connectivity index (χ0) is 59.2. The van der Waals surface area contributed by atoms with Gasteiger partial charge < -0.3 is 34.1 Å². The maximum atomic E-state index is 5.97. The molecule has 0 N–H and O–H groups in total. The minimum atomic E-state index is -0.694. The molecule has 0 bridgehead atoms. The van der Waals surface area contributed by atoms with Crippen LogP contribution in [-0.2, 0) is 13.2 Å². The van der Waals surface area contributed by atoms with Crippen molar-refractivity contribution < 1.29 is 28.9 Å². The lowest BCUT2D eigenvalue weighted by atomic mass is 10.0. The molecule has 1 atom stereocenters. The molecular formula is C74H56Al2N5O6S+. The fraction of sp³-hybridized carbons (Fsp3) is 0.0676. The monoisotopic (exact) mass is 1200 g/mol. The first kappa shape index (κ1) is 56.0. The molecule has 2 radical (unpaired) electrons. The summed E-state index contributed by atoms with van der Waals surface area (Å²) in [6, 6.07) is 92.2. The molecule has 88 heavy (non-hydrogen) atoms. The largest absolute Gasteiger partial charge is 0.881 e. The number of anilines is 3. The first-order chi connectivity index (χ1) is 43.5. The summed E-state index contributed by atoms with van der Waals surface area (Å²) in [5.41, 5.74) is 14.6. The van der Waals surface area contributed by atoms with E-state index in [-0.39, 0.29) is 0 Å². The lowest BCUT2D eigenvalue weighted by Gasteiger charge is -2.23. The third kappa shape index (κ3) is 11.9. The number of likely N-dealkylation sites (N-methyl/N-ethyl adjacent to an activating group) is 1. The summed E-state index contributed by atoms with van der Waals surface area (Å²) in [7, 11) is 2.19. The highest BCUT2D eigenvalue weighted by molar-refractivity contribution is 7.21. The Balaban J connectivity index is 0.000000106. The molecule has 0 fully saturated rings. The average molecular weight is 1200 g/mol. The zero-order valence-corrected chi connectivity index (χ0v) is 51.3. The third-order valence-corrected chi connectivity index (χ3v) is 18.2. The molecule has 3 aliphatic rings. The molecule has 17 rings (SSSR count). The Hall–Kier alpha value is -9.89. The van der Waals surface area contributed by atoms with Gasteiger partial charge >= 0.3 is 31.8 Å². The highest BCUT2D eigenvalue weighted by Gasteiger charge is 2.40. The number of para-hydroxylation sites is 10. The Labute approximate surface area is 527 Å². The smallest absolute Gasteiger partial charge is 0.616 e. The van der Waals surface area contributed by atoms with Crippen LogP contribution in [0, 0.1) is 6.92 Å². The molecule has 1 unspecified atom stereocenters. The standard InChI is InChI=1S/C16H12O.C15H14N2.C14H10NOS.C13H9NO2.C10H9NO.C6H6O.2Al/c17-16-9-8-14-10-13(6-7-15(14)11-16)12-4-2-1-3-5-12;1-16-13-8-4-5-9-14(13)17-12-7-3-2-6-11(12)10-15(16)17;1-3-7-12-10(5-1)14-15(9-16-12)11-6-2-4-8-13(11)17-14;15-11-7-3-1-5-9(11)13-14-10-6-2-4-8-12(10)16-13;1-7-5-6-8-3-2-4-9(12)10(8)11-7;7-6-4-2-1-3-5-6;;/h1-11,17H;2-9,15H,10H2,1H3;1-8H,9H2;1-8,15H;2-6,12H,1H3;1-5,7H;;/q;;+1;;;;2*+2/p-4. The molecule has 14 heteroatoms. The van der Waals surface area contributed by atoms with Gasteiger partial charge in [0.05, 0.1) is 39.8 Å². The van der Waals surface area contributed by atoms with Crippen LogP contribution in [0.2, 0.25) is 0 Å². The second kappa shape index (κ2) is 25.6. The number of pyridine rings is 1. The maximum absolute atomic E-state index is 5.97. The van der Waals surface area contributed by atoms with Crippen LogP contribution in [0.1, 0.15) is 11.3 Å². The number of hydrogen-bond acceptors (Lipinski definition) is 11. The molecule has 6 heterocycles. The summed E-state index contributed by atoms with van der Waals surface area (Å²) >= 11 is 0.450. The van der Waals surface area contributed by atoms with Crippen molar-refractivity contribution in [1.29, 1.82) is 0 Å². The van der Waals surface area contributed by atoms with Gasteiger partial charge in [0.25, 0.3) is 11.7 Å². The van der Waals surface area contributed by atoms with Crippen LogP contribution in [0.3, 0.4) is 0 Å². The van der Waals surface area contributed by atoms with Gasteiger partial charge in [-0.1, -0.05) is 175 Å². The van der Waals surface area contributed by atoms with E-state index in [0.29, 0.717) is 24.5 Å². The molecule has 3 aliphatic heterocycles. The molecule has 11 aromatic carbocycles. The van der Waals surface area contributed by atoms with Crippen molar-refractivity contribution in [3.05, 3.63) is 284 Å². The SMILES string of the molecule is CN1c2ccccc2N2c3ccccc3CC12.Cc1ccc2cccc([O][Al][O]c3ccc4cc(-c5ccccc5)ccc4c3)c2n1.c1ccc([O][Al][O]c2ccccc2-c2nc3ccccc3o2)cc1.c1ccc2c(c1)OC[n+]1c-2sc2ccccc21. The molecule has 0 spiro atoms. The Morgan fingerprint density at radius 3 is 2.03 bits per heavy atom. The molecule has 0 saturated heterocycles. The highest BCUT2D eigenvalue weighted by Crippen LogP contribution is 2.49. The number of ether oxygens (including phenoxy) is 1. The van der Waals surface area contributed by atoms with E-state index in [1.165, 1.54) is 59.9 Å². The fourth-order valence-electron chi connectivity index (χ4n) is 11.3. The number of aryl methyl sites for hydroxylation is 1. The Morgan fingerprint density at radius 1 is 0.511 bits per heavy atom. The van der Waals surface area contributed by atoms with Crippen molar-refractivity contribution >= 4 is 103 Å². The van der Waals surface area contributed by atoms with Crippen molar-refractivity contribution in [2.45, 2.75) is 26.2 Å². The zero-order valence-electron chi connectivity index (χ0n) is 48.2. The van der Waals surface area contributed by atoms with Gasteiger partial charge in [-0.15, -0.1) is 4.57 Å². The maximum Gasteiger partial charge on any atom is 0.881 e. The normalized spacial score (nSPS) is 13.0. The number of thiazole rings is 1. The Morgan fingerprint density at radius 2 is 1.17 bits per heavy atom. The predicted molar refractivity (Wildman–Crippen MR) is 355 cm³/mol. The number of fused-ring (bicyclic) bond motifs is 13. The fourth-order valence-corrected chi connectivity index (χ4v) is 13.7. The minimum absolute atomic E-state index is 0.463. The first-order valence-electron chi connectivity index (χ1n) is 29.0. The van der Waals surface area contributed by atoms with Crippen molar-refractivity contribution in [1.82, 2.24) is 9.97 Å². The van der Waals surface area contributed by atoms with Crippen LogP contribution in [0.5, 0.6) is 28.7 Å². The van der Waals surface area contributed by atoms with Crippen LogP contribution in [0.25, 0.3) is 76.1 Å². The summed E-state index contributed by atoms with van der Waals surface area (Å²) in [4.78, 5) is 14.0. The van der Waals surface area contributed by atoms with Crippen molar-refractivity contribution in [3.8, 4) is 61.9 Å². The predicted octanol–water partition coefficient (Wildman–Crippen LogP) is 17.2. The van der Waals surface area contributed by atoms with E-state index < -0.39 is 31.8 Å².